The molecule has 0 spiro atoms. The number of nitrogens with one attached hydrogen (secondary N) is 1. The van der Waals surface area contributed by atoms with E-state index in [1.807, 2.05) is 0 Å². The van der Waals surface area contributed by atoms with Gasteiger partial charge in [0, 0.05) is 18.5 Å². The SMILES string of the molecule is CCC1(C)CNCC(C)C1O. The monoisotopic (exact) mass is 157 g/mol. The maximum absolute atomic E-state index is 9.86. The summed E-state index contributed by atoms with van der Waals surface area (Å²) in [6.45, 7) is 8.31. The van der Waals surface area contributed by atoms with Crippen LogP contribution in [0, 0.1) is 11.3 Å². The molecule has 0 aromatic heterocycles. The van der Waals surface area contributed by atoms with Gasteiger partial charge in [-0.2, -0.15) is 0 Å². The lowest BCUT2D eigenvalue weighted by atomic mass is 9.74. The van der Waals surface area contributed by atoms with Crippen molar-refractivity contribution < 1.29 is 5.11 Å². The minimum atomic E-state index is -0.131. The Morgan fingerprint density at radius 2 is 2.27 bits per heavy atom. The molecule has 0 aromatic carbocycles. The standard InChI is InChI=1S/C9H19NO/c1-4-9(3)6-10-5-7(2)8(9)11/h7-8,10-11H,4-6H2,1-3H3. The Morgan fingerprint density at radius 3 is 2.73 bits per heavy atom. The highest BCUT2D eigenvalue weighted by Gasteiger charge is 2.37. The number of hydrogen-bond donors (Lipinski definition) is 2. The molecule has 11 heavy (non-hydrogen) atoms. The summed E-state index contributed by atoms with van der Waals surface area (Å²) in [5.74, 6) is 0.397. The summed E-state index contributed by atoms with van der Waals surface area (Å²) in [6, 6.07) is 0. The predicted molar refractivity (Wildman–Crippen MR) is 46.4 cm³/mol. The van der Waals surface area contributed by atoms with E-state index in [1.165, 1.54) is 0 Å². The van der Waals surface area contributed by atoms with Gasteiger partial charge in [0.15, 0.2) is 0 Å². The highest BCUT2D eigenvalue weighted by molar-refractivity contribution is 4.90. The second-order valence-electron chi connectivity index (χ2n) is 4.06. The van der Waals surface area contributed by atoms with Gasteiger partial charge >= 0.3 is 0 Å². The minimum absolute atomic E-state index is 0.0949. The molecule has 2 heteroatoms. The van der Waals surface area contributed by atoms with Gasteiger partial charge in [-0.05, 0) is 12.3 Å². The molecule has 3 unspecified atom stereocenters. The van der Waals surface area contributed by atoms with Crippen LogP contribution in [0.25, 0.3) is 0 Å². The van der Waals surface area contributed by atoms with Crippen LogP contribution in [-0.2, 0) is 0 Å². The summed E-state index contributed by atoms with van der Waals surface area (Å²) in [6.07, 6.45) is 0.916. The number of piperidine rings is 1. The molecule has 0 aliphatic carbocycles. The fraction of sp³-hybridized carbons (Fsp3) is 1.00. The van der Waals surface area contributed by atoms with Crippen LogP contribution in [-0.4, -0.2) is 24.3 Å². The molecule has 0 saturated carbocycles. The smallest absolute Gasteiger partial charge is 0.0643 e. The molecule has 0 aromatic rings. The minimum Gasteiger partial charge on any atom is -0.392 e. The predicted octanol–water partition coefficient (Wildman–Crippen LogP) is 1.00. The van der Waals surface area contributed by atoms with Gasteiger partial charge in [-0.3, -0.25) is 0 Å². The topological polar surface area (TPSA) is 32.3 Å². The number of aliphatic hydroxyl groups is 1. The average molecular weight is 157 g/mol. The van der Waals surface area contributed by atoms with Crippen LogP contribution < -0.4 is 5.32 Å². The largest absolute Gasteiger partial charge is 0.392 e. The molecule has 2 N–H and O–H groups in total. The van der Waals surface area contributed by atoms with E-state index in [-0.39, 0.29) is 11.5 Å². The van der Waals surface area contributed by atoms with Gasteiger partial charge in [0.25, 0.3) is 0 Å². The van der Waals surface area contributed by atoms with Gasteiger partial charge in [-0.25, -0.2) is 0 Å². The number of aliphatic hydroxyl groups excluding tert-OH is 1. The fourth-order valence-electron chi connectivity index (χ4n) is 1.82. The molecule has 0 radical (unpaired) electrons. The third-order valence-electron chi connectivity index (χ3n) is 3.06. The van der Waals surface area contributed by atoms with Crippen LogP contribution >= 0.6 is 0 Å². The van der Waals surface area contributed by atoms with E-state index in [2.05, 4.69) is 26.1 Å². The maximum atomic E-state index is 9.86. The molecular weight excluding hydrogens is 138 g/mol. The quantitative estimate of drug-likeness (QED) is 0.595. The van der Waals surface area contributed by atoms with E-state index in [0.717, 1.165) is 19.5 Å². The summed E-state index contributed by atoms with van der Waals surface area (Å²) in [5, 5.41) is 13.2. The first-order chi connectivity index (χ1) is 5.10. The molecule has 0 bridgehead atoms. The van der Waals surface area contributed by atoms with Gasteiger partial charge in [0.2, 0.25) is 0 Å². The Morgan fingerprint density at radius 1 is 1.64 bits per heavy atom. The van der Waals surface area contributed by atoms with Crippen molar-refractivity contribution >= 4 is 0 Å². The zero-order valence-electron chi connectivity index (χ0n) is 7.72. The van der Waals surface area contributed by atoms with E-state index < -0.39 is 0 Å². The Balaban J connectivity index is 2.64. The van der Waals surface area contributed by atoms with E-state index in [0.29, 0.717) is 5.92 Å². The third-order valence-corrected chi connectivity index (χ3v) is 3.06. The molecule has 1 aliphatic heterocycles. The van der Waals surface area contributed by atoms with Crippen molar-refractivity contribution in [1.82, 2.24) is 5.32 Å². The summed E-state index contributed by atoms with van der Waals surface area (Å²) in [4.78, 5) is 0. The van der Waals surface area contributed by atoms with Crippen molar-refractivity contribution in [2.45, 2.75) is 33.3 Å². The van der Waals surface area contributed by atoms with Crippen LogP contribution in [0.5, 0.6) is 0 Å². The van der Waals surface area contributed by atoms with Crippen molar-refractivity contribution in [1.29, 1.82) is 0 Å². The van der Waals surface area contributed by atoms with Crippen LogP contribution in [0.4, 0.5) is 0 Å². The molecule has 1 heterocycles. The molecule has 1 aliphatic rings. The molecular formula is C9H19NO. The summed E-state index contributed by atoms with van der Waals surface area (Å²) in [7, 11) is 0. The van der Waals surface area contributed by atoms with Gasteiger partial charge in [0.05, 0.1) is 6.10 Å². The molecule has 3 atom stereocenters. The highest BCUT2D eigenvalue weighted by Crippen LogP contribution is 2.32. The first-order valence-electron chi connectivity index (χ1n) is 4.49. The van der Waals surface area contributed by atoms with Gasteiger partial charge < -0.3 is 10.4 Å². The van der Waals surface area contributed by atoms with Crippen LogP contribution in [0.1, 0.15) is 27.2 Å². The lowest BCUT2D eigenvalue weighted by Gasteiger charge is -2.42. The second kappa shape index (κ2) is 3.11. The Kier molecular flexibility index (Phi) is 2.55. The number of rotatable bonds is 1. The van der Waals surface area contributed by atoms with E-state index >= 15 is 0 Å². The first kappa shape index (κ1) is 9.01. The van der Waals surface area contributed by atoms with Crippen LogP contribution in [0.15, 0.2) is 0 Å². The summed E-state index contributed by atoms with van der Waals surface area (Å²) in [5.41, 5.74) is 0.0949. The Labute approximate surface area is 69.0 Å². The van der Waals surface area contributed by atoms with E-state index in [9.17, 15) is 5.11 Å². The molecule has 0 amide bonds. The van der Waals surface area contributed by atoms with Crippen molar-refractivity contribution in [3.8, 4) is 0 Å². The van der Waals surface area contributed by atoms with Crippen molar-refractivity contribution in [3.05, 3.63) is 0 Å². The van der Waals surface area contributed by atoms with Crippen molar-refractivity contribution in [2.24, 2.45) is 11.3 Å². The van der Waals surface area contributed by atoms with E-state index in [1.54, 1.807) is 0 Å². The van der Waals surface area contributed by atoms with Crippen LogP contribution in [0.2, 0.25) is 0 Å². The Bertz CT molecular complexity index is 138. The van der Waals surface area contributed by atoms with Crippen LogP contribution in [0.3, 0.4) is 0 Å². The molecule has 1 fully saturated rings. The first-order valence-corrected chi connectivity index (χ1v) is 4.49. The Hall–Kier alpha value is -0.0800. The van der Waals surface area contributed by atoms with E-state index in [4.69, 9.17) is 0 Å². The molecule has 1 saturated heterocycles. The molecule has 1 rings (SSSR count). The molecule has 2 nitrogen and oxygen atoms in total. The van der Waals surface area contributed by atoms with Gasteiger partial charge in [-0.15, -0.1) is 0 Å². The number of hydrogen-bond acceptors (Lipinski definition) is 2. The zero-order chi connectivity index (χ0) is 8.48. The maximum Gasteiger partial charge on any atom is 0.0643 e. The van der Waals surface area contributed by atoms with Crippen molar-refractivity contribution in [3.63, 3.8) is 0 Å². The zero-order valence-corrected chi connectivity index (χ0v) is 7.72. The second-order valence-corrected chi connectivity index (χ2v) is 4.06. The van der Waals surface area contributed by atoms with Crippen molar-refractivity contribution in [2.75, 3.05) is 13.1 Å². The molecule has 66 valence electrons. The normalized spacial score (nSPS) is 45.8. The van der Waals surface area contributed by atoms with Gasteiger partial charge in [-0.1, -0.05) is 20.8 Å². The summed E-state index contributed by atoms with van der Waals surface area (Å²) < 4.78 is 0. The summed E-state index contributed by atoms with van der Waals surface area (Å²) >= 11 is 0. The fourth-order valence-corrected chi connectivity index (χ4v) is 1.82. The lowest BCUT2D eigenvalue weighted by Crippen LogP contribution is -2.52. The lowest BCUT2D eigenvalue weighted by molar-refractivity contribution is -0.0273. The average Bonchev–Trinajstić information content (AvgIpc) is 2.00. The third kappa shape index (κ3) is 1.57. The highest BCUT2D eigenvalue weighted by atomic mass is 16.3. The van der Waals surface area contributed by atoms with Gasteiger partial charge in [0.1, 0.15) is 0 Å².